The summed E-state index contributed by atoms with van der Waals surface area (Å²) in [7, 11) is 0. The fraction of sp³-hybridized carbons (Fsp3) is 0. The Morgan fingerprint density at radius 2 is 0.914 bits per heavy atom. The summed E-state index contributed by atoms with van der Waals surface area (Å²) in [6, 6.07) is 78.0. The number of para-hydroxylation sites is 2. The van der Waals surface area contributed by atoms with Crippen molar-refractivity contribution in [3.8, 4) is 62.1 Å². The summed E-state index contributed by atoms with van der Waals surface area (Å²) in [4.78, 5) is 15.8. The van der Waals surface area contributed by atoms with E-state index in [-0.39, 0.29) is 0 Å². The maximum absolute atomic E-state index is 6.68. The van der Waals surface area contributed by atoms with Crippen LogP contribution in [0.3, 0.4) is 0 Å². The van der Waals surface area contributed by atoms with Crippen molar-refractivity contribution < 1.29 is 4.42 Å². The third-order valence-electron chi connectivity index (χ3n) is 13.9. The summed E-state index contributed by atoms with van der Waals surface area (Å²) in [5.74, 6) is 1.85. The van der Waals surface area contributed by atoms with Crippen molar-refractivity contribution in [2.75, 3.05) is 0 Å². The molecule has 0 saturated carbocycles. The molecule has 15 rings (SSSR count). The molecule has 5 heterocycles. The molecule has 0 aliphatic rings. The zero-order chi connectivity index (χ0) is 45.9. The second kappa shape index (κ2) is 15.4. The maximum Gasteiger partial charge on any atom is 0.165 e. The summed E-state index contributed by atoms with van der Waals surface area (Å²) in [5.41, 5.74) is 12.6. The molecule has 326 valence electrons. The highest BCUT2D eigenvalue weighted by molar-refractivity contribution is 7.26. The van der Waals surface area contributed by atoms with E-state index in [0.717, 1.165) is 60.1 Å². The Balaban J connectivity index is 0.930. The van der Waals surface area contributed by atoms with Gasteiger partial charge in [-0.05, 0) is 95.6 Å². The third-order valence-corrected chi connectivity index (χ3v) is 16.3. The first-order valence-electron chi connectivity index (χ1n) is 23.4. The largest absolute Gasteiger partial charge is 0.456 e. The number of hydrogen-bond donors (Lipinski definition) is 0. The monoisotopic (exact) mass is 928 g/mol. The molecule has 0 radical (unpaired) electrons. The minimum absolute atomic E-state index is 0.595. The van der Waals surface area contributed by atoms with Crippen LogP contribution >= 0.6 is 22.7 Å². The van der Waals surface area contributed by atoms with E-state index in [2.05, 4.69) is 193 Å². The topological polar surface area (TPSA) is 56.7 Å². The van der Waals surface area contributed by atoms with Gasteiger partial charge in [0.1, 0.15) is 11.2 Å². The van der Waals surface area contributed by atoms with Gasteiger partial charge in [-0.1, -0.05) is 140 Å². The lowest BCUT2D eigenvalue weighted by molar-refractivity contribution is 0.669. The average molecular weight is 929 g/mol. The first-order chi connectivity index (χ1) is 34.7. The Morgan fingerprint density at radius 3 is 1.73 bits per heavy atom. The van der Waals surface area contributed by atoms with E-state index in [1.807, 2.05) is 41.7 Å². The molecule has 0 N–H and O–H groups in total. The zero-order valence-electron chi connectivity index (χ0n) is 37.3. The average Bonchev–Trinajstić information content (AvgIpc) is 4.20. The second-order valence-electron chi connectivity index (χ2n) is 17.9. The second-order valence-corrected chi connectivity index (χ2v) is 20.0. The van der Waals surface area contributed by atoms with Gasteiger partial charge in [-0.2, -0.15) is 0 Å². The van der Waals surface area contributed by atoms with E-state index in [9.17, 15) is 0 Å². The molecule has 0 bridgehead atoms. The molecule has 0 aliphatic heterocycles. The molecule has 0 spiro atoms. The van der Waals surface area contributed by atoms with Crippen LogP contribution in [0.2, 0.25) is 0 Å². The molecule has 0 amide bonds. The quantitative estimate of drug-likeness (QED) is 0.167. The molecule has 70 heavy (non-hydrogen) atoms. The Kier molecular flexibility index (Phi) is 8.63. The van der Waals surface area contributed by atoms with Crippen molar-refractivity contribution in [1.29, 1.82) is 0 Å². The minimum Gasteiger partial charge on any atom is -0.456 e. The van der Waals surface area contributed by atoms with Crippen LogP contribution in [-0.4, -0.2) is 19.5 Å². The van der Waals surface area contributed by atoms with Gasteiger partial charge in [-0.15, -0.1) is 22.7 Å². The number of rotatable bonds is 6. The van der Waals surface area contributed by atoms with Crippen LogP contribution in [0.1, 0.15) is 0 Å². The first-order valence-corrected chi connectivity index (χ1v) is 25.0. The number of nitrogens with zero attached hydrogens (tertiary/aromatic N) is 4. The molecule has 0 atom stereocenters. The number of thiophene rings is 2. The molecule has 15 aromatic rings. The molecule has 5 aromatic heterocycles. The van der Waals surface area contributed by atoms with Gasteiger partial charge in [0, 0.05) is 89.8 Å². The summed E-state index contributed by atoms with van der Waals surface area (Å²) >= 11 is 3.64. The van der Waals surface area contributed by atoms with Crippen molar-refractivity contribution in [1.82, 2.24) is 19.5 Å². The Bertz CT molecular complexity index is 4600. The highest BCUT2D eigenvalue weighted by atomic mass is 32.1. The lowest BCUT2D eigenvalue weighted by Gasteiger charge is -2.11. The Labute approximate surface area is 408 Å². The zero-order valence-corrected chi connectivity index (χ0v) is 38.9. The van der Waals surface area contributed by atoms with Gasteiger partial charge in [-0.25, -0.2) is 15.0 Å². The number of benzene rings is 10. The van der Waals surface area contributed by atoms with Gasteiger partial charge in [-0.3, -0.25) is 0 Å². The van der Waals surface area contributed by atoms with Gasteiger partial charge < -0.3 is 8.98 Å². The van der Waals surface area contributed by atoms with Crippen LogP contribution in [0.5, 0.6) is 0 Å². The number of aromatic nitrogens is 4. The first kappa shape index (κ1) is 39.3. The van der Waals surface area contributed by atoms with Crippen LogP contribution in [0.25, 0.3) is 146 Å². The molecular weight excluding hydrogens is 893 g/mol. The van der Waals surface area contributed by atoms with E-state index in [1.54, 1.807) is 11.3 Å². The lowest BCUT2D eigenvalue weighted by Crippen LogP contribution is -2.00. The molecule has 10 aromatic carbocycles. The number of fused-ring (bicyclic) bond motifs is 12. The molecule has 0 unspecified atom stereocenters. The fourth-order valence-electron chi connectivity index (χ4n) is 10.7. The Hall–Kier alpha value is -8.75. The highest BCUT2D eigenvalue weighted by Crippen LogP contribution is 2.46. The van der Waals surface area contributed by atoms with Crippen molar-refractivity contribution >= 4 is 107 Å². The standard InChI is InChI=1S/C63H36N4OS2/c1-3-15-37(16-4-1)61-64-62(66-63(65-61)47-24-13-22-45-43-20-8-11-27-56(43)69-59(45)47)46-23-14-26-55-58(46)51-33-38(30-32-54(51)68-55)40-35-48(60-50(36-40)44-21-9-12-28-57(44)70-60)39-29-31-53-49(34-39)42-19-7-10-25-52(42)67(53)41-17-5-2-6-18-41/h1-36H. The summed E-state index contributed by atoms with van der Waals surface area (Å²) in [6.45, 7) is 0. The van der Waals surface area contributed by atoms with E-state index in [0.29, 0.717) is 17.5 Å². The predicted molar refractivity (Wildman–Crippen MR) is 294 cm³/mol. The SMILES string of the molecule is c1ccc(-c2nc(-c3cccc4c3sc3ccccc34)nc(-c3cccc4oc5ccc(-c6cc(-c7ccc8c(c7)c7ccccc7n8-c7ccccc7)c7sc8ccccc8c7c6)cc5c34)n2)cc1. The summed E-state index contributed by atoms with van der Waals surface area (Å²) < 4.78 is 14.0. The molecule has 7 heteroatoms. The van der Waals surface area contributed by atoms with Gasteiger partial charge in [0.15, 0.2) is 17.5 Å². The molecule has 0 aliphatic carbocycles. The molecular formula is C63H36N4OS2. The lowest BCUT2D eigenvalue weighted by atomic mass is 9.94. The van der Waals surface area contributed by atoms with Crippen molar-refractivity contribution in [3.63, 3.8) is 0 Å². The van der Waals surface area contributed by atoms with E-state index < -0.39 is 0 Å². The molecule has 0 saturated heterocycles. The maximum atomic E-state index is 6.68. The summed E-state index contributed by atoms with van der Waals surface area (Å²) in [5, 5.41) is 9.38. The van der Waals surface area contributed by atoms with E-state index >= 15 is 0 Å². The van der Waals surface area contributed by atoms with Gasteiger partial charge >= 0.3 is 0 Å². The Morgan fingerprint density at radius 1 is 0.329 bits per heavy atom. The van der Waals surface area contributed by atoms with Crippen LogP contribution < -0.4 is 0 Å². The van der Waals surface area contributed by atoms with Crippen LogP contribution in [0, 0.1) is 0 Å². The number of hydrogen-bond acceptors (Lipinski definition) is 6. The fourth-order valence-corrected chi connectivity index (χ4v) is 13.1. The summed E-state index contributed by atoms with van der Waals surface area (Å²) in [6.07, 6.45) is 0. The molecule has 0 fully saturated rings. The molecule has 5 nitrogen and oxygen atoms in total. The van der Waals surface area contributed by atoms with Gasteiger partial charge in [0.25, 0.3) is 0 Å². The third kappa shape index (κ3) is 6.05. The van der Waals surface area contributed by atoms with E-state index in [1.165, 1.54) is 68.6 Å². The minimum atomic E-state index is 0.595. The predicted octanol–water partition coefficient (Wildman–Crippen LogP) is 17.9. The van der Waals surface area contributed by atoms with Gasteiger partial charge in [0.2, 0.25) is 0 Å². The van der Waals surface area contributed by atoms with Crippen LogP contribution in [0.4, 0.5) is 0 Å². The van der Waals surface area contributed by atoms with Crippen molar-refractivity contribution in [3.05, 3.63) is 218 Å². The van der Waals surface area contributed by atoms with Gasteiger partial charge in [0.05, 0.1) is 11.0 Å². The highest BCUT2D eigenvalue weighted by Gasteiger charge is 2.22. The van der Waals surface area contributed by atoms with Crippen molar-refractivity contribution in [2.24, 2.45) is 0 Å². The van der Waals surface area contributed by atoms with Crippen molar-refractivity contribution in [2.45, 2.75) is 0 Å². The van der Waals surface area contributed by atoms with Crippen LogP contribution in [-0.2, 0) is 0 Å². The van der Waals surface area contributed by atoms with Crippen LogP contribution in [0.15, 0.2) is 223 Å². The van der Waals surface area contributed by atoms with E-state index in [4.69, 9.17) is 19.4 Å². The normalized spacial score (nSPS) is 12.0. The number of furan rings is 1. The smallest absolute Gasteiger partial charge is 0.165 e.